The second-order valence-electron chi connectivity index (χ2n) is 4.10. The van der Waals surface area contributed by atoms with Gasteiger partial charge in [-0.15, -0.1) is 0 Å². The van der Waals surface area contributed by atoms with Crippen LogP contribution in [0.15, 0.2) is 0 Å². The van der Waals surface area contributed by atoms with Crippen molar-refractivity contribution < 1.29 is 19.4 Å². The average Bonchev–Trinajstić information content (AvgIpc) is 2.64. The fraction of sp³-hybridized carbons (Fsp3) is 0.818. The number of ether oxygens (including phenoxy) is 1. The Kier molecular flexibility index (Phi) is 4.15. The molecule has 0 atom stereocenters. The van der Waals surface area contributed by atoms with Gasteiger partial charge < -0.3 is 9.84 Å². The van der Waals surface area contributed by atoms with Gasteiger partial charge in [0, 0.05) is 0 Å². The third-order valence-electron chi connectivity index (χ3n) is 3.00. The molecule has 0 aromatic rings. The molecule has 0 unspecified atom stereocenters. The summed E-state index contributed by atoms with van der Waals surface area (Å²) in [5.74, 6) is -0.921. The molecule has 0 bridgehead atoms. The summed E-state index contributed by atoms with van der Waals surface area (Å²) in [5.41, 5.74) is -1.07. The number of carbonyl (C=O) groups excluding carboxylic acids is 1. The molecular weight excluding hydrogens is 210 g/mol. The molecule has 0 spiro atoms. The van der Waals surface area contributed by atoms with E-state index >= 15 is 0 Å². The Bertz CT molecular complexity index is 271. The lowest BCUT2D eigenvalue weighted by atomic mass is 9.87. The minimum Gasteiger partial charge on any atom is -0.479 e. The molecule has 1 amide bonds. The maximum Gasteiger partial charge on any atom is 0.410 e. The van der Waals surface area contributed by atoms with Gasteiger partial charge in [-0.1, -0.05) is 26.7 Å². The fourth-order valence-electron chi connectivity index (χ4n) is 2.33. The van der Waals surface area contributed by atoms with E-state index in [1.165, 1.54) is 4.90 Å². The Morgan fingerprint density at radius 1 is 1.44 bits per heavy atom. The van der Waals surface area contributed by atoms with Gasteiger partial charge in [0.2, 0.25) is 0 Å². The van der Waals surface area contributed by atoms with Crippen LogP contribution in [0.3, 0.4) is 0 Å². The third-order valence-corrected chi connectivity index (χ3v) is 3.00. The Morgan fingerprint density at radius 2 is 2.00 bits per heavy atom. The highest BCUT2D eigenvalue weighted by Crippen LogP contribution is 2.30. The predicted molar refractivity (Wildman–Crippen MR) is 58.2 cm³/mol. The second-order valence-corrected chi connectivity index (χ2v) is 4.10. The van der Waals surface area contributed by atoms with Crippen LogP contribution in [0.2, 0.25) is 0 Å². The van der Waals surface area contributed by atoms with Gasteiger partial charge >= 0.3 is 12.1 Å². The van der Waals surface area contributed by atoms with E-state index in [1.807, 2.05) is 13.8 Å². The smallest absolute Gasteiger partial charge is 0.410 e. The fourth-order valence-corrected chi connectivity index (χ4v) is 2.33. The molecule has 0 saturated carbocycles. The number of carbonyl (C=O) groups is 2. The highest BCUT2D eigenvalue weighted by atomic mass is 16.6. The summed E-state index contributed by atoms with van der Waals surface area (Å²) in [7, 11) is 0. The normalized spacial score (nSPS) is 16.4. The Morgan fingerprint density at radius 3 is 2.31 bits per heavy atom. The molecule has 1 N–H and O–H groups in total. The van der Waals surface area contributed by atoms with E-state index in [1.54, 1.807) is 0 Å². The molecule has 5 heteroatoms. The molecule has 1 saturated heterocycles. The van der Waals surface area contributed by atoms with Gasteiger partial charge in [0.25, 0.3) is 0 Å². The lowest BCUT2D eigenvalue weighted by Crippen LogP contribution is -2.55. The Hall–Kier alpha value is -1.26. The zero-order valence-corrected chi connectivity index (χ0v) is 9.86. The highest BCUT2D eigenvalue weighted by Gasteiger charge is 2.47. The van der Waals surface area contributed by atoms with Crippen molar-refractivity contribution in [1.29, 1.82) is 0 Å². The standard InChI is InChI=1S/C11H19NO4/c1-3-5-11(6-4-2,9(13)14)12-7-8-16-10(12)15/h3-8H2,1-2H3,(H,13,14). The van der Waals surface area contributed by atoms with Crippen LogP contribution >= 0.6 is 0 Å². The first-order chi connectivity index (χ1) is 7.58. The largest absolute Gasteiger partial charge is 0.479 e. The van der Waals surface area contributed by atoms with Gasteiger partial charge in [-0.25, -0.2) is 9.59 Å². The first kappa shape index (κ1) is 12.8. The van der Waals surface area contributed by atoms with Crippen LogP contribution in [0.1, 0.15) is 39.5 Å². The molecule has 1 aliphatic rings. The van der Waals surface area contributed by atoms with Crippen LogP contribution in [0.4, 0.5) is 4.79 Å². The molecule has 1 fully saturated rings. The van der Waals surface area contributed by atoms with Gasteiger partial charge in [0.1, 0.15) is 12.1 Å². The van der Waals surface area contributed by atoms with E-state index in [9.17, 15) is 14.7 Å². The quantitative estimate of drug-likeness (QED) is 0.755. The summed E-state index contributed by atoms with van der Waals surface area (Å²) >= 11 is 0. The molecular formula is C11H19NO4. The van der Waals surface area contributed by atoms with Crippen molar-refractivity contribution in [2.24, 2.45) is 0 Å². The van der Waals surface area contributed by atoms with Gasteiger partial charge in [-0.2, -0.15) is 0 Å². The third kappa shape index (κ3) is 2.13. The molecule has 0 radical (unpaired) electrons. The molecule has 5 nitrogen and oxygen atoms in total. The molecule has 1 heterocycles. The van der Waals surface area contributed by atoms with Crippen molar-refractivity contribution in [2.75, 3.05) is 13.2 Å². The molecule has 0 aromatic heterocycles. The summed E-state index contributed by atoms with van der Waals surface area (Å²) < 4.78 is 4.84. The second kappa shape index (κ2) is 5.18. The molecule has 1 aliphatic heterocycles. The number of hydrogen-bond acceptors (Lipinski definition) is 3. The van der Waals surface area contributed by atoms with Crippen molar-refractivity contribution in [2.45, 2.75) is 45.1 Å². The van der Waals surface area contributed by atoms with Gasteiger partial charge in [-0.3, -0.25) is 4.90 Å². The molecule has 0 aromatic carbocycles. The van der Waals surface area contributed by atoms with Crippen LogP contribution in [-0.2, 0) is 9.53 Å². The Balaban J connectivity index is 2.98. The number of amides is 1. The summed E-state index contributed by atoms with van der Waals surface area (Å²) in [4.78, 5) is 24.4. The molecule has 1 rings (SSSR count). The lowest BCUT2D eigenvalue weighted by Gasteiger charge is -2.36. The monoisotopic (exact) mass is 229 g/mol. The van der Waals surface area contributed by atoms with Crippen molar-refractivity contribution >= 4 is 12.1 Å². The minimum absolute atomic E-state index is 0.293. The number of hydrogen-bond donors (Lipinski definition) is 1. The van der Waals surface area contributed by atoms with Gasteiger partial charge in [0.15, 0.2) is 0 Å². The zero-order chi connectivity index (χ0) is 12.2. The van der Waals surface area contributed by atoms with Gasteiger partial charge in [-0.05, 0) is 12.8 Å². The highest BCUT2D eigenvalue weighted by molar-refractivity contribution is 5.85. The summed E-state index contributed by atoms with van der Waals surface area (Å²) in [6.45, 7) is 4.52. The number of rotatable bonds is 6. The van der Waals surface area contributed by atoms with E-state index < -0.39 is 17.6 Å². The van der Waals surface area contributed by atoms with Crippen molar-refractivity contribution in [1.82, 2.24) is 4.90 Å². The predicted octanol–water partition coefficient (Wildman–Crippen LogP) is 1.86. The lowest BCUT2D eigenvalue weighted by molar-refractivity contribution is -0.150. The van der Waals surface area contributed by atoms with E-state index in [0.29, 0.717) is 26.0 Å². The molecule has 16 heavy (non-hydrogen) atoms. The number of carboxylic acid groups (broad SMARTS) is 1. The summed E-state index contributed by atoms with van der Waals surface area (Å²) in [5, 5.41) is 9.41. The zero-order valence-electron chi connectivity index (χ0n) is 9.86. The van der Waals surface area contributed by atoms with Crippen LogP contribution in [0, 0.1) is 0 Å². The van der Waals surface area contributed by atoms with Gasteiger partial charge in [0.05, 0.1) is 6.54 Å². The van der Waals surface area contributed by atoms with Crippen LogP contribution in [-0.4, -0.2) is 40.8 Å². The van der Waals surface area contributed by atoms with Crippen molar-refractivity contribution in [3.8, 4) is 0 Å². The van der Waals surface area contributed by atoms with Crippen LogP contribution < -0.4 is 0 Å². The number of nitrogens with zero attached hydrogens (tertiary/aromatic N) is 1. The summed E-state index contributed by atoms with van der Waals surface area (Å²) in [6.07, 6.45) is 1.92. The SMILES string of the molecule is CCCC(CCC)(C(=O)O)N1CCOC1=O. The van der Waals surface area contributed by atoms with Crippen molar-refractivity contribution in [3.05, 3.63) is 0 Å². The van der Waals surface area contributed by atoms with Crippen molar-refractivity contribution in [3.63, 3.8) is 0 Å². The first-order valence-electron chi connectivity index (χ1n) is 5.76. The first-order valence-corrected chi connectivity index (χ1v) is 5.76. The van der Waals surface area contributed by atoms with E-state index in [2.05, 4.69) is 0 Å². The van der Waals surface area contributed by atoms with E-state index in [4.69, 9.17) is 4.74 Å². The topological polar surface area (TPSA) is 66.8 Å². The molecule has 0 aliphatic carbocycles. The maximum atomic E-state index is 11.5. The van der Waals surface area contributed by atoms with E-state index in [0.717, 1.165) is 12.8 Å². The van der Waals surface area contributed by atoms with Crippen LogP contribution in [0.5, 0.6) is 0 Å². The number of cyclic esters (lactones) is 1. The number of carboxylic acids is 1. The number of aliphatic carboxylic acids is 1. The molecule has 92 valence electrons. The maximum absolute atomic E-state index is 11.5. The minimum atomic E-state index is -1.07. The van der Waals surface area contributed by atoms with E-state index in [-0.39, 0.29) is 0 Å². The Labute approximate surface area is 95.4 Å². The average molecular weight is 229 g/mol. The van der Waals surface area contributed by atoms with Crippen LogP contribution in [0.25, 0.3) is 0 Å². The summed E-state index contributed by atoms with van der Waals surface area (Å²) in [6, 6.07) is 0.